The highest BCUT2D eigenvalue weighted by Crippen LogP contribution is 2.09. The van der Waals surface area contributed by atoms with Gasteiger partial charge in [-0.25, -0.2) is 9.59 Å². The summed E-state index contributed by atoms with van der Waals surface area (Å²) in [5, 5.41) is 11.4. The van der Waals surface area contributed by atoms with Crippen LogP contribution in [0.25, 0.3) is 0 Å². The van der Waals surface area contributed by atoms with Crippen molar-refractivity contribution in [2.45, 2.75) is 72.6 Å². The lowest BCUT2D eigenvalue weighted by atomic mass is 10.1. The van der Waals surface area contributed by atoms with Gasteiger partial charge in [-0.05, 0) is 58.8 Å². The van der Waals surface area contributed by atoms with Crippen LogP contribution in [0.5, 0.6) is 0 Å². The maximum Gasteiger partial charge on any atom is 0.408 e. The standard InChI is InChI=1S/C17H25NO5.C6H15N/c1-17(2,3)23-16(21)18-14(10-7-11-19)15(20)22-12-13-8-5-4-6-9-13;1-4-7(5-2)6-3/h4-6,8-9,14,19H,7,10-12H2,1-3H3,(H,18,21);4-6H2,1-3H3/t14-;/m1./s1. The van der Waals surface area contributed by atoms with Crippen molar-refractivity contribution in [2.24, 2.45) is 0 Å². The number of amides is 1. The average Bonchev–Trinajstić information content (AvgIpc) is 2.70. The van der Waals surface area contributed by atoms with Crippen LogP contribution >= 0.6 is 0 Å². The molecule has 7 heteroatoms. The number of carbonyl (C=O) groups is 2. The maximum atomic E-state index is 12.1. The Morgan fingerprint density at radius 3 is 2.07 bits per heavy atom. The zero-order chi connectivity index (χ0) is 23.0. The molecule has 0 spiro atoms. The van der Waals surface area contributed by atoms with E-state index in [-0.39, 0.29) is 19.6 Å². The molecule has 0 aromatic heterocycles. The van der Waals surface area contributed by atoms with Crippen molar-refractivity contribution in [1.29, 1.82) is 0 Å². The van der Waals surface area contributed by atoms with E-state index in [2.05, 4.69) is 31.0 Å². The van der Waals surface area contributed by atoms with Crippen LogP contribution in [-0.2, 0) is 20.9 Å². The van der Waals surface area contributed by atoms with Gasteiger partial charge in [-0.3, -0.25) is 0 Å². The second-order valence-corrected chi connectivity index (χ2v) is 7.78. The van der Waals surface area contributed by atoms with Gasteiger partial charge in [-0.2, -0.15) is 0 Å². The van der Waals surface area contributed by atoms with Crippen molar-refractivity contribution < 1.29 is 24.2 Å². The van der Waals surface area contributed by atoms with Crippen LogP contribution in [0.15, 0.2) is 30.3 Å². The highest BCUT2D eigenvalue weighted by Gasteiger charge is 2.25. The molecule has 172 valence electrons. The van der Waals surface area contributed by atoms with Crippen LogP contribution in [-0.4, -0.2) is 60.0 Å². The van der Waals surface area contributed by atoms with Crippen molar-refractivity contribution in [2.75, 3.05) is 26.2 Å². The van der Waals surface area contributed by atoms with Gasteiger partial charge in [-0.1, -0.05) is 51.1 Å². The molecule has 0 heterocycles. The number of aliphatic hydroxyl groups is 1. The summed E-state index contributed by atoms with van der Waals surface area (Å²) in [7, 11) is 0. The second-order valence-electron chi connectivity index (χ2n) is 7.78. The number of alkyl carbamates (subject to hydrolysis) is 1. The number of hydrogen-bond donors (Lipinski definition) is 2. The number of esters is 1. The molecule has 1 atom stereocenters. The molecular weight excluding hydrogens is 384 g/mol. The van der Waals surface area contributed by atoms with E-state index >= 15 is 0 Å². The summed E-state index contributed by atoms with van der Waals surface area (Å²) in [5.74, 6) is -0.548. The molecule has 1 aromatic carbocycles. The highest BCUT2D eigenvalue weighted by molar-refractivity contribution is 5.81. The number of rotatable bonds is 10. The summed E-state index contributed by atoms with van der Waals surface area (Å²) in [6.45, 7) is 15.4. The van der Waals surface area contributed by atoms with E-state index in [9.17, 15) is 9.59 Å². The first-order valence-corrected chi connectivity index (χ1v) is 10.7. The van der Waals surface area contributed by atoms with E-state index in [0.29, 0.717) is 6.42 Å². The highest BCUT2D eigenvalue weighted by atomic mass is 16.6. The van der Waals surface area contributed by atoms with Gasteiger partial charge in [0.25, 0.3) is 0 Å². The van der Waals surface area contributed by atoms with E-state index in [1.165, 1.54) is 19.6 Å². The fourth-order valence-corrected chi connectivity index (χ4v) is 2.49. The summed E-state index contributed by atoms with van der Waals surface area (Å²) in [4.78, 5) is 26.3. The molecule has 0 aliphatic heterocycles. The molecular formula is C23H40N2O5. The largest absolute Gasteiger partial charge is 0.459 e. The topological polar surface area (TPSA) is 88.1 Å². The molecule has 7 nitrogen and oxygen atoms in total. The third kappa shape index (κ3) is 14.0. The van der Waals surface area contributed by atoms with Gasteiger partial charge in [0.05, 0.1) is 0 Å². The monoisotopic (exact) mass is 424 g/mol. The quantitative estimate of drug-likeness (QED) is 0.556. The number of ether oxygens (including phenoxy) is 2. The van der Waals surface area contributed by atoms with Gasteiger partial charge < -0.3 is 24.8 Å². The Bertz CT molecular complexity index is 577. The number of carbonyl (C=O) groups excluding carboxylic acids is 2. The molecule has 0 aliphatic rings. The Kier molecular flexibility index (Phi) is 14.6. The first kappa shape index (κ1) is 27.9. The Balaban J connectivity index is 0.00000103. The molecule has 30 heavy (non-hydrogen) atoms. The molecule has 0 radical (unpaired) electrons. The molecule has 0 unspecified atom stereocenters. The summed E-state index contributed by atoms with van der Waals surface area (Å²) in [5.41, 5.74) is 0.207. The van der Waals surface area contributed by atoms with E-state index in [1.54, 1.807) is 20.8 Å². The summed E-state index contributed by atoms with van der Waals surface area (Å²) in [6, 6.07) is 8.42. The van der Waals surface area contributed by atoms with Crippen molar-refractivity contribution >= 4 is 12.1 Å². The minimum atomic E-state index is -0.847. The van der Waals surface area contributed by atoms with Gasteiger partial charge in [0.1, 0.15) is 18.2 Å². The average molecular weight is 425 g/mol. The first-order chi connectivity index (χ1) is 14.2. The van der Waals surface area contributed by atoms with E-state index in [4.69, 9.17) is 14.6 Å². The maximum absolute atomic E-state index is 12.1. The lowest BCUT2D eigenvalue weighted by Crippen LogP contribution is -2.44. The molecule has 2 N–H and O–H groups in total. The number of nitrogens with one attached hydrogen (secondary N) is 1. The summed E-state index contributed by atoms with van der Waals surface area (Å²) in [6.07, 6.45) is -0.0262. The fraction of sp³-hybridized carbons (Fsp3) is 0.652. The smallest absolute Gasteiger partial charge is 0.408 e. The number of aliphatic hydroxyl groups excluding tert-OH is 1. The number of hydrogen-bond acceptors (Lipinski definition) is 6. The van der Waals surface area contributed by atoms with E-state index in [0.717, 1.165) is 5.56 Å². The van der Waals surface area contributed by atoms with E-state index < -0.39 is 23.7 Å². The molecule has 0 bridgehead atoms. The van der Waals surface area contributed by atoms with Gasteiger partial charge >= 0.3 is 12.1 Å². The Hall–Kier alpha value is -2.12. The van der Waals surface area contributed by atoms with Gasteiger partial charge in [0.15, 0.2) is 0 Å². The van der Waals surface area contributed by atoms with Crippen molar-refractivity contribution in [1.82, 2.24) is 10.2 Å². The summed E-state index contributed by atoms with van der Waals surface area (Å²) >= 11 is 0. The zero-order valence-electron chi connectivity index (χ0n) is 19.4. The minimum absolute atomic E-state index is 0.0710. The van der Waals surface area contributed by atoms with Crippen LogP contribution in [0.1, 0.15) is 59.9 Å². The lowest BCUT2D eigenvalue weighted by Gasteiger charge is -2.22. The van der Waals surface area contributed by atoms with Crippen LogP contribution in [0.2, 0.25) is 0 Å². The molecule has 0 fully saturated rings. The number of benzene rings is 1. The third-order valence-electron chi connectivity index (χ3n) is 4.19. The van der Waals surface area contributed by atoms with Crippen molar-refractivity contribution in [3.05, 3.63) is 35.9 Å². The SMILES string of the molecule is CC(C)(C)OC(=O)N[C@H](CCCO)C(=O)OCc1ccccc1.CCN(CC)CC. The zero-order valence-corrected chi connectivity index (χ0v) is 19.4. The Labute approximate surface area is 181 Å². The van der Waals surface area contributed by atoms with Gasteiger partial charge in [0, 0.05) is 6.61 Å². The minimum Gasteiger partial charge on any atom is -0.459 e. The molecule has 1 rings (SSSR count). The molecule has 1 aromatic rings. The molecule has 0 saturated carbocycles. The van der Waals surface area contributed by atoms with Crippen LogP contribution < -0.4 is 5.32 Å². The Morgan fingerprint density at radius 2 is 1.63 bits per heavy atom. The third-order valence-corrected chi connectivity index (χ3v) is 4.19. The van der Waals surface area contributed by atoms with Gasteiger partial charge in [-0.15, -0.1) is 0 Å². The predicted molar refractivity (Wildman–Crippen MR) is 119 cm³/mol. The molecule has 0 saturated heterocycles. The lowest BCUT2D eigenvalue weighted by molar-refractivity contribution is -0.147. The second kappa shape index (κ2) is 15.7. The first-order valence-electron chi connectivity index (χ1n) is 10.7. The fourth-order valence-electron chi connectivity index (χ4n) is 2.49. The van der Waals surface area contributed by atoms with Crippen LogP contribution in [0.3, 0.4) is 0 Å². The molecule has 1 amide bonds. The van der Waals surface area contributed by atoms with Crippen LogP contribution in [0, 0.1) is 0 Å². The normalized spacial score (nSPS) is 11.9. The van der Waals surface area contributed by atoms with E-state index in [1.807, 2.05) is 30.3 Å². The van der Waals surface area contributed by atoms with Crippen molar-refractivity contribution in [3.63, 3.8) is 0 Å². The predicted octanol–water partition coefficient (Wildman–Crippen LogP) is 3.74. The molecule has 0 aliphatic carbocycles. The van der Waals surface area contributed by atoms with Crippen molar-refractivity contribution in [3.8, 4) is 0 Å². The van der Waals surface area contributed by atoms with Crippen LogP contribution in [0.4, 0.5) is 4.79 Å². The van der Waals surface area contributed by atoms with Gasteiger partial charge in [0.2, 0.25) is 0 Å². The Morgan fingerprint density at radius 1 is 1.07 bits per heavy atom. The number of nitrogens with zero attached hydrogens (tertiary/aromatic N) is 1. The summed E-state index contributed by atoms with van der Waals surface area (Å²) < 4.78 is 10.4.